The molecule has 0 saturated carbocycles. The molecule has 3 aromatic carbocycles. The number of methoxy groups -OCH3 is 1. The van der Waals surface area contributed by atoms with Crippen molar-refractivity contribution < 1.29 is 23.1 Å². The average Bonchev–Trinajstić information content (AvgIpc) is 2.84. The summed E-state index contributed by atoms with van der Waals surface area (Å²) in [5.74, 6) is -3.54. The number of carbonyl (C=O) groups excluding carboxylic acids is 2. The monoisotopic (exact) mass is 500 g/mol. The maximum atomic E-state index is 13.9. The molecule has 0 spiro atoms. The molecule has 0 saturated heterocycles. The van der Waals surface area contributed by atoms with Crippen LogP contribution in [-0.4, -0.2) is 37.5 Å². The van der Waals surface area contributed by atoms with Crippen LogP contribution in [-0.2, 0) is 21.9 Å². The minimum absolute atomic E-state index is 0.0259. The highest BCUT2D eigenvalue weighted by molar-refractivity contribution is 6.30. The second-order valence-corrected chi connectivity index (χ2v) is 8.72. The van der Waals surface area contributed by atoms with Crippen molar-refractivity contribution in [2.75, 3.05) is 26.1 Å². The number of nitrogens with one attached hydrogen (secondary N) is 1. The van der Waals surface area contributed by atoms with Crippen molar-refractivity contribution in [3.8, 4) is 0 Å². The number of rotatable bonds is 9. The largest absolute Gasteiger partial charge is 0.378 e. The van der Waals surface area contributed by atoms with Gasteiger partial charge in [0.15, 0.2) is 0 Å². The van der Waals surface area contributed by atoms with Gasteiger partial charge in [-0.2, -0.15) is 8.78 Å². The summed E-state index contributed by atoms with van der Waals surface area (Å²) in [5.41, 5.74) is 2.41. The topological polar surface area (TPSA) is 58.6 Å². The molecule has 8 heteroatoms. The molecule has 0 aliphatic rings. The van der Waals surface area contributed by atoms with Gasteiger partial charge in [-0.1, -0.05) is 48.0 Å². The van der Waals surface area contributed by atoms with Crippen LogP contribution in [0.25, 0.3) is 0 Å². The molecule has 0 heterocycles. The molecule has 0 bridgehead atoms. The van der Waals surface area contributed by atoms with Crippen LogP contribution in [0.2, 0.25) is 5.02 Å². The van der Waals surface area contributed by atoms with Crippen molar-refractivity contribution in [1.29, 1.82) is 0 Å². The van der Waals surface area contributed by atoms with E-state index in [0.717, 1.165) is 5.56 Å². The first-order chi connectivity index (χ1) is 16.6. The number of hydrogen-bond acceptors (Lipinski definition) is 3. The molecule has 2 amide bonds. The Morgan fingerprint density at radius 3 is 2.17 bits per heavy atom. The van der Waals surface area contributed by atoms with E-state index in [2.05, 4.69) is 10.1 Å². The summed E-state index contributed by atoms with van der Waals surface area (Å²) < 4.78 is 32.3. The summed E-state index contributed by atoms with van der Waals surface area (Å²) in [7, 11) is 2.95. The SMILES string of the molecule is COCC(F)(F)c1ccc(CC(=O)Nc2ccc(C(=O)N(C)[C@H](C)c3ccc(Cl)cc3)cc2)cc1. The Kier molecular flexibility index (Phi) is 8.59. The Balaban J connectivity index is 1.58. The van der Waals surface area contributed by atoms with E-state index in [0.29, 0.717) is 21.8 Å². The maximum absolute atomic E-state index is 13.9. The highest BCUT2D eigenvalue weighted by atomic mass is 35.5. The van der Waals surface area contributed by atoms with Gasteiger partial charge in [0.25, 0.3) is 11.8 Å². The zero-order valence-electron chi connectivity index (χ0n) is 19.7. The van der Waals surface area contributed by atoms with Crippen LogP contribution < -0.4 is 5.32 Å². The smallest absolute Gasteiger partial charge is 0.296 e. The Bertz CT molecular complexity index is 1150. The molecule has 5 nitrogen and oxygen atoms in total. The molecule has 3 aromatic rings. The van der Waals surface area contributed by atoms with Crippen molar-refractivity contribution in [2.45, 2.75) is 25.3 Å². The van der Waals surface area contributed by atoms with Crippen LogP contribution in [0.1, 0.15) is 40.0 Å². The Morgan fingerprint density at radius 1 is 1.00 bits per heavy atom. The van der Waals surface area contributed by atoms with Gasteiger partial charge in [0, 0.05) is 36.0 Å². The second-order valence-electron chi connectivity index (χ2n) is 8.28. The fourth-order valence-electron chi connectivity index (χ4n) is 3.56. The molecule has 0 aromatic heterocycles. The zero-order chi connectivity index (χ0) is 25.6. The molecule has 0 unspecified atom stereocenters. The third kappa shape index (κ3) is 6.87. The van der Waals surface area contributed by atoms with Crippen molar-refractivity contribution >= 4 is 29.1 Å². The third-order valence-corrected chi connectivity index (χ3v) is 5.99. The molecule has 3 rings (SSSR count). The number of halogens is 3. The zero-order valence-corrected chi connectivity index (χ0v) is 20.5. The molecule has 35 heavy (non-hydrogen) atoms. The fourth-order valence-corrected chi connectivity index (χ4v) is 3.69. The summed E-state index contributed by atoms with van der Waals surface area (Å²) in [6, 6.07) is 19.4. The van der Waals surface area contributed by atoms with Gasteiger partial charge in [-0.25, -0.2) is 0 Å². The number of benzene rings is 3. The highest BCUT2D eigenvalue weighted by Gasteiger charge is 2.31. The molecular formula is C27H27ClF2N2O3. The normalized spacial score (nSPS) is 12.2. The van der Waals surface area contributed by atoms with Gasteiger partial charge in [0.2, 0.25) is 5.91 Å². The number of anilines is 1. The predicted octanol–water partition coefficient (Wildman–Crippen LogP) is 6.09. The molecule has 1 N–H and O–H groups in total. The van der Waals surface area contributed by atoms with Gasteiger partial charge in [0.1, 0.15) is 6.61 Å². The van der Waals surface area contributed by atoms with Crippen molar-refractivity contribution in [3.63, 3.8) is 0 Å². The summed E-state index contributed by atoms with van der Waals surface area (Å²) in [5, 5.41) is 3.39. The number of hydrogen-bond donors (Lipinski definition) is 1. The van der Waals surface area contributed by atoms with E-state index in [1.54, 1.807) is 48.3 Å². The van der Waals surface area contributed by atoms with E-state index >= 15 is 0 Å². The standard InChI is InChI=1S/C27H27ClF2N2O3/c1-18(20-6-12-23(28)13-7-20)32(2)26(34)21-8-14-24(15-9-21)31-25(33)16-19-4-10-22(11-5-19)27(29,30)17-35-3/h4-15,18H,16-17H2,1-3H3,(H,31,33)/t18-/m1/s1. The average molecular weight is 501 g/mol. The highest BCUT2D eigenvalue weighted by Crippen LogP contribution is 2.28. The van der Waals surface area contributed by atoms with Crippen LogP contribution in [0, 0.1) is 0 Å². The first-order valence-corrected chi connectivity index (χ1v) is 11.4. The molecule has 1 atom stereocenters. The molecule has 184 valence electrons. The lowest BCUT2D eigenvalue weighted by molar-refractivity contribution is -0.115. The lowest BCUT2D eigenvalue weighted by atomic mass is 10.0. The van der Waals surface area contributed by atoms with Crippen molar-refractivity contribution in [1.82, 2.24) is 4.90 Å². The van der Waals surface area contributed by atoms with E-state index in [9.17, 15) is 18.4 Å². The van der Waals surface area contributed by atoms with Gasteiger partial charge in [-0.15, -0.1) is 0 Å². The molecule has 0 aliphatic carbocycles. The Labute approximate surface area is 208 Å². The quantitative estimate of drug-likeness (QED) is 0.386. The summed E-state index contributed by atoms with van der Waals surface area (Å²) in [6.07, 6.45) is 0.0259. The minimum Gasteiger partial charge on any atom is -0.378 e. The molecule has 0 aliphatic heterocycles. The van der Waals surface area contributed by atoms with E-state index < -0.39 is 12.5 Å². The van der Waals surface area contributed by atoms with Gasteiger partial charge < -0.3 is 15.0 Å². The van der Waals surface area contributed by atoms with E-state index in [1.165, 1.54) is 31.4 Å². The fraction of sp³-hybridized carbons (Fsp3) is 0.259. The van der Waals surface area contributed by atoms with Crippen LogP contribution in [0.5, 0.6) is 0 Å². The van der Waals surface area contributed by atoms with E-state index in [1.807, 2.05) is 19.1 Å². The van der Waals surface area contributed by atoms with Gasteiger partial charge in [-0.05, 0) is 54.4 Å². The summed E-state index contributed by atoms with van der Waals surface area (Å²) in [4.78, 5) is 26.9. The van der Waals surface area contributed by atoms with Crippen LogP contribution >= 0.6 is 11.6 Å². The number of nitrogens with zero attached hydrogens (tertiary/aromatic N) is 1. The van der Waals surface area contributed by atoms with Gasteiger partial charge in [-0.3, -0.25) is 9.59 Å². The Morgan fingerprint density at radius 2 is 1.60 bits per heavy atom. The van der Waals surface area contributed by atoms with Crippen molar-refractivity contribution in [3.05, 3.63) is 100 Å². The molecule has 0 fully saturated rings. The summed E-state index contributed by atoms with van der Waals surface area (Å²) >= 11 is 5.94. The molecular weight excluding hydrogens is 474 g/mol. The van der Waals surface area contributed by atoms with Crippen LogP contribution in [0.15, 0.2) is 72.8 Å². The van der Waals surface area contributed by atoms with Gasteiger partial charge >= 0.3 is 0 Å². The number of amides is 2. The lowest BCUT2D eigenvalue weighted by Crippen LogP contribution is -2.29. The van der Waals surface area contributed by atoms with Gasteiger partial charge in [0.05, 0.1) is 12.5 Å². The first kappa shape index (κ1) is 26.3. The van der Waals surface area contributed by atoms with E-state index in [-0.39, 0.29) is 29.8 Å². The second kappa shape index (κ2) is 11.4. The number of carbonyl (C=O) groups is 2. The first-order valence-electron chi connectivity index (χ1n) is 11.0. The Hall–Kier alpha value is -3.29. The van der Waals surface area contributed by atoms with E-state index in [4.69, 9.17) is 11.6 Å². The number of alkyl halides is 2. The summed E-state index contributed by atoms with van der Waals surface area (Å²) in [6.45, 7) is 1.22. The van der Waals surface area contributed by atoms with Crippen molar-refractivity contribution in [2.24, 2.45) is 0 Å². The minimum atomic E-state index is -3.09. The third-order valence-electron chi connectivity index (χ3n) is 5.74. The molecule has 0 radical (unpaired) electrons. The maximum Gasteiger partial charge on any atom is 0.296 e. The number of ether oxygens (including phenoxy) is 1. The van der Waals surface area contributed by atoms with Crippen LogP contribution in [0.3, 0.4) is 0 Å². The lowest BCUT2D eigenvalue weighted by Gasteiger charge is -2.25. The van der Waals surface area contributed by atoms with Crippen LogP contribution in [0.4, 0.5) is 14.5 Å². The predicted molar refractivity (Wildman–Crippen MR) is 133 cm³/mol.